The summed E-state index contributed by atoms with van der Waals surface area (Å²) in [5, 5.41) is 2.32. The predicted molar refractivity (Wildman–Crippen MR) is 51.7 cm³/mol. The second-order valence-electron chi connectivity index (χ2n) is 2.50. The van der Waals surface area contributed by atoms with Gasteiger partial charge in [0.15, 0.2) is 11.5 Å². The molecule has 0 aliphatic rings. The fraction of sp³-hybridized carbons (Fsp3) is 0.222. The van der Waals surface area contributed by atoms with Gasteiger partial charge in [0.25, 0.3) is 0 Å². The van der Waals surface area contributed by atoms with Crippen LogP contribution < -0.4 is 20.5 Å². The Labute approximate surface area is 81.8 Å². The Morgan fingerprint density at radius 1 is 1.36 bits per heavy atom. The van der Waals surface area contributed by atoms with Gasteiger partial charge in [0, 0.05) is 0 Å². The van der Waals surface area contributed by atoms with Crippen LogP contribution in [0.15, 0.2) is 18.2 Å². The van der Waals surface area contributed by atoms with E-state index in [0.717, 1.165) is 0 Å². The van der Waals surface area contributed by atoms with E-state index in [2.05, 4.69) is 5.32 Å². The largest absolute Gasteiger partial charge is 0.493 e. The van der Waals surface area contributed by atoms with Crippen LogP contribution in [-0.4, -0.2) is 20.3 Å². The fourth-order valence-electron chi connectivity index (χ4n) is 1.11. The van der Waals surface area contributed by atoms with Crippen LogP contribution in [0.3, 0.4) is 0 Å². The SMILES string of the molecule is COc1cccc(NC([NH])=O)c1OC. The third-order valence-corrected chi connectivity index (χ3v) is 1.65. The summed E-state index contributed by atoms with van der Waals surface area (Å²) < 4.78 is 10.1. The second kappa shape index (κ2) is 4.36. The Morgan fingerprint density at radius 3 is 2.57 bits per heavy atom. The van der Waals surface area contributed by atoms with Crippen LogP contribution in [0, 0.1) is 0 Å². The number of rotatable bonds is 3. The summed E-state index contributed by atoms with van der Waals surface area (Å²) in [6.45, 7) is 0. The number of nitrogens with one attached hydrogen (secondary N) is 2. The molecule has 0 atom stereocenters. The molecule has 0 unspecified atom stereocenters. The van der Waals surface area contributed by atoms with Gasteiger partial charge >= 0.3 is 6.03 Å². The molecule has 0 bridgehead atoms. The van der Waals surface area contributed by atoms with Gasteiger partial charge in [-0.2, -0.15) is 0 Å². The number of hydrogen-bond donors (Lipinski definition) is 1. The monoisotopic (exact) mass is 195 g/mol. The van der Waals surface area contributed by atoms with Gasteiger partial charge < -0.3 is 14.8 Å². The van der Waals surface area contributed by atoms with Crippen molar-refractivity contribution in [3.8, 4) is 11.5 Å². The molecule has 5 nitrogen and oxygen atoms in total. The molecule has 0 fully saturated rings. The lowest BCUT2D eigenvalue weighted by atomic mass is 10.2. The first kappa shape index (κ1) is 10.2. The summed E-state index contributed by atoms with van der Waals surface area (Å²) in [6.07, 6.45) is 0. The molecule has 1 rings (SSSR count). The summed E-state index contributed by atoms with van der Waals surface area (Å²) in [6, 6.07) is 4.15. The van der Waals surface area contributed by atoms with E-state index in [0.29, 0.717) is 17.2 Å². The summed E-state index contributed by atoms with van der Waals surface area (Å²) in [5.41, 5.74) is 7.19. The summed E-state index contributed by atoms with van der Waals surface area (Å²) >= 11 is 0. The first-order valence-electron chi connectivity index (χ1n) is 3.92. The highest BCUT2D eigenvalue weighted by atomic mass is 16.5. The number of methoxy groups -OCH3 is 2. The molecule has 2 amide bonds. The van der Waals surface area contributed by atoms with Crippen molar-refractivity contribution < 1.29 is 14.3 Å². The van der Waals surface area contributed by atoms with Crippen molar-refractivity contribution in [2.75, 3.05) is 19.5 Å². The number of urea groups is 1. The molecule has 0 aromatic heterocycles. The molecule has 0 saturated carbocycles. The molecule has 0 heterocycles. The van der Waals surface area contributed by atoms with E-state index in [4.69, 9.17) is 15.2 Å². The van der Waals surface area contributed by atoms with E-state index in [-0.39, 0.29) is 0 Å². The zero-order chi connectivity index (χ0) is 10.6. The third-order valence-electron chi connectivity index (χ3n) is 1.65. The van der Waals surface area contributed by atoms with Gasteiger partial charge in [-0.3, -0.25) is 0 Å². The standard InChI is InChI=1S/C9H11N2O3/c1-13-7-5-3-4-6(8(7)14-2)11-9(10)12/h3-5,10H,1-2H3,(H,11,12). The maximum absolute atomic E-state index is 10.5. The first-order valence-corrected chi connectivity index (χ1v) is 3.92. The number of para-hydroxylation sites is 1. The van der Waals surface area contributed by atoms with Crippen molar-refractivity contribution in [3.05, 3.63) is 18.2 Å². The van der Waals surface area contributed by atoms with Crippen molar-refractivity contribution in [1.82, 2.24) is 5.73 Å². The number of carbonyl (C=O) groups excluding carboxylic acids is 1. The first-order chi connectivity index (χ1) is 6.69. The lowest BCUT2D eigenvalue weighted by Crippen LogP contribution is -2.10. The molecule has 1 radical (unpaired) electrons. The minimum Gasteiger partial charge on any atom is -0.493 e. The molecule has 5 heteroatoms. The summed E-state index contributed by atoms with van der Waals surface area (Å²) in [7, 11) is 2.97. The van der Waals surface area contributed by atoms with E-state index >= 15 is 0 Å². The van der Waals surface area contributed by atoms with Gasteiger partial charge in [-0.15, -0.1) is 0 Å². The minimum atomic E-state index is -0.892. The average molecular weight is 195 g/mol. The molecule has 1 aromatic carbocycles. The Bertz CT molecular complexity index is 339. The zero-order valence-corrected chi connectivity index (χ0v) is 7.96. The average Bonchev–Trinajstić information content (AvgIpc) is 2.16. The summed E-state index contributed by atoms with van der Waals surface area (Å²) in [5.74, 6) is 0.925. The molecule has 0 aliphatic carbocycles. The number of carbonyl (C=O) groups is 1. The topological polar surface area (TPSA) is 71.4 Å². The van der Waals surface area contributed by atoms with Crippen molar-refractivity contribution in [2.24, 2.45) is 0 Å². The van der Waals surface area contributed by atoms with Crippen LogP contribution in [0.1, 0.15) is 0 Å². The third kappa shape index (κ3) is 2.07. The van der Waals surface area contributed by atoms with Gasteiger partial charge in [-0.25, -0.2) is 10.5 Å². The van der Waals surface area contributed by atoms with E-state index in [1.807, 2.05) is 0 Å². The molecule has 75 valence electrons. The van der Waals surface area contributed by atoms with E-state index < -0.39 is 6.03 Å². The lowest BCUT2D eigenvalue weighted by Gasteiger charge is -2.11. The van der Waals surface area contributed by atoms with Crippen LogP contribution in [0.4, 0.5) is 10.5 Å². The number of ether oxygens (including phenoxy) is 2. The van der Waals surface area contributed by atoms with Crippen molar-refractivity contribution >= 4 is 11.7 Å². The van der Waals surface area contributed by atoms with Crippen LogP contribution in [0.2, 0.25) is 0 Å². The number of hydrogen-bond acceptors (Lipinski definition) is 3. The number of amides is 2. The Kier molecular flexibility index (Phi) is 3.17. The van der Waals surface area contributed by atoms with Crippen molar-refractivity contribution in [1.29, 1.82) is 0 Å². The maximum atomic E-state index is 10.5. The van der Waals surface area contributed by atoms with E-state index in [1.54, 1.807) is 18.2 Å². The highest BCUT2D eigenvalue weighted by Gasteiger charge is 2.10. The zero-order valence-electron chi connectivity index (χ0n) is 7.96. The molecule has 0 aliphatic heterocycles. The van der Waals surface area contributed by atoms with Gasteiger partial charge in [-0.05, 0) is 12.1 Å². The summed E-state index contributed by atoms with van der Waals surface area (Å²) in [4.78, 5) is 10.5. The quantitative estimate of drug-likeness (QED) is 0.794. The van der Waals surface area contributed by atoms with Crippen LogP contribution in [0.25, 0.3) is 0 Å². The highest BCUT2D eigenvalue weighted by Crippen LogP contribution is 2.34. The van der Waals surface area contributed by atoms with Gasteiger partial charge in [0.2, 0.25) is 0 Å². The predicted octanol–water partition coefficient (Wildman–Crippen LogP) is 1.52. The van der Waals surface area contributed by atoms with Gasteiger partial charge in [0.1, 0.15) is 0 Å². The molecular weight excluding hydrogens is 184 g/mol. The van der Waals surface area contributed by atoms with E-state index in [9.17, 15) is 4.79 Å². The number of anilines is 1. The normalized spacial score (nSPS) is 9.29. The van der Waals surface area contributed by atoms with Gasteiger partial charge in [0.05, 0.1) is 19.9 Å². The molecular formula is C9H11N2O3. The smallest absolute Gasteiger partial charge is 0.338 e. The lowest BCUT2D eigenvalue weighted by molar-refractivity contribution is 0.258. The molecule has 1 aromatic rings. The highest BCUT2D eigenvalue weighted by molar-refractivity contribution is 5.89. The maximum Gasteiger partial charge on any atom is 0.338 e. The molecule has 0 saturated heterocycles. The Hall–Kier alpha value is -1.91. The number of benzene rings is 1. The molecule has 14 heavy (non-hydrogen) atoms. The second-order valence-corrected chi connectivity index (χ2v) is 2.50. The Morgan fingerprint density at radius 2 is 2.07 bits per heavy atom. The molecule has 2 N–H and O–H groups in total. The fourth-order valence-corrected chi connectivity index (χ4v) is 1.11. The van der Waals surface area contributed by atoms with Crippen LogP contribution in [-0.2, 0) is 0 Å². The minimum absolute atomic E-state index is 0.413. The van der Waals surface area contributed by atoms with Crippen LogP contribution in [0.5, 0.6) is 11.5 Å². The molecule has 0 spiro atoms. The van der Waals surface area contributed by atoms with Gasteiger partial charge in [-0.1, -0.05) is 6.07 Å². The van der Waals surface area contributed by atoms with E-state index in [1.165, 1.54) is 14.2 Å². The van der Waals surface area contributed by atoms with Crippen molar-refractivity contribution in [3.63, 3.8) is 0 Å². The van der Waals surface area contributed by atoms with Crippen molar-refractivity contribution in [2.45, 2.75) is 0 Å². The Balaban J connectivity index is 3.08. The van der Waals surface area contributed by atoms with Crippen LogP contribution >= 0.6 is 0 Å².